The number of benzene rings is 2. The molecule has 2 aromatic rings. The van der Waals surface area contributed by atoms with Crippen LogP contribution in [0.2, 0.25) is 0 Å². The van der Waals surface area contributed by atoms with Crippen LogP contribution in [0.4, 0.5) is 5.69 Å². The zero-order chi connectivity index (χ0) is 25.5. The Morgan fingerprint density at radius 2 is 1.76 bits per heavy atom. The molecule has 2 aromatic carbocycles. The number of rotatable bonds is 9. The molecule has 0 aliphatic carbocycles. The van der Waals surface area contributed by atoms with Gasteiger partial charge in [0.2, 0.25) is 21.8 Å². The fourth-order valence-corrected chi connectivity index (χ4v) is 3.57. The molecule has 0 aliphatic heterocycles. The second kappa shape index (κ2) is 11.5. The fourth-order valence-electron chi connectivity index (χ4n) is 3.03. The van der Waals surface area contributed by atoms with Gasteiger partial charge in [0.25, 0.3) is 0 Å². The lowest BCUT2D eigenvalue weighted by molar-refractivity contribution is -0.119. The van der Waals surface area contributed by atoms with Gasteiger partial charge in [-0.2, -0.15) is 0 Å². The number of primary sulfonamides is 1. The van der Waals surface area contributed by atoms with Gasteiger partial charge in [0, 0.05) is 5.69 Å². The molecule has 0 bridgehead atoms. The van der Waals surface area contributed by atoms with Gasteiger partial charge < -0.3 is 20.5 Å². The summed E-state index contributed by atoms with van der Waals surface area (Å²) in [5, 5.41) is 10.3. The van der Waals surface area contributed by atoms with E-state index >= 15 is 0 Å². The molecule has 0 aromatic heterocycles. The highest BCUT2D eigenvalue weighted by molar-refractivity contribution is 7.89. The maximum atomic E-state index is 12.7. The number of carbonyl (C=O) groups excluding carboxylic acids is 2. The van der Waals surface area contributed by atoms with Crippen LogP contribution in [0.25, 0.3) is 0 Å². The molecule has 0 spiro atoms. The average Bonchev–Trinajstić information content (AvgIpc) is 2.77. The molecule has 11 nitrogen and oxygen atoms in total. The van der Waals surface area contributed by atoms with Gasteiger partial charge in [-0.05, 0) is 48.7 Å². The third-order valence-corrected chi connectivity index (χ3v) is 5.77. The Kier molecular flexibility index (Phi) is 8.98. The summed E-state index contributed by atoms with van der Waals surface area (Å²) in [6.45, 7) is 3.43. The largest absolute Gasteiger partial charge is 0.493 e. The molecule has 6 N–H and O–H groups in total. The number of methoxy groups -OCH3 is 2. The van der Waals surface area contributed by atoms with E-state index in [0.29, 0.717) is 22.6 Å². The van der Waals surface area contributed by atoms with Crippen molar-refractivity contribution in [3.05, 3.63) is 47.5 Å². The highest BCUT2D eigenvalue weighted by Gasteiger charge is 2.19. The Morgan fingerprint density at radius 1 is 1.09 bits per heavy atom. The van der Waals surface area contributed by atoms with E-state index in [0.717, 1.165) is 0 Å². The van der Waals surface area contributed by atoms with Crippen LogP contribution < -0.4 is 31.0 Å². The van der Waals surface area contributed by atoms with Gasteiger partial charge in [0.1, 0.15) is 6.04 Å². The first-order valence-electron chi connectivity index (χ1n) is 10.3. The molecule has 0 saturated carbocycles. The number of guanidine groups is 1. The van der Waals surface area contributed by atoms with Crippen molar-refractivity contribution >= 4 is 33.5 Å². The summed E-state index contributed by atoms with van der Waals surface area (Å²) in [6.07, 6.45) is 0.283. The summed E-state index contributed by atoms with van der Waals surface area (Å²) in [5.41, 5.74) is 7.42. The molecular formula is C22H29N5O6S. The summed E-state index contributed by atoms with van der Waals surface area (Å²) >= 11 is 0. The summed E-state index contributed by atoms with van der Waals surface area (Å²) in [6, 6.07) is 8.31. The molecule has 1 atom stereocenters. The number of amides is 2. The van der Waals surface area contributed by atoms with Crippen molar-refractivity contribution in [1.82, 2.24) is 5.32 Å². The number of hydrogen-bond acceptors (Lipinski definition) is 7. The molecule has 0 radical (unpaired) electrons. The van der Waals surface area contributed by atoms with E-state index in [9.17, 15) is 18.0 Å². The zero-order valence-corrected chi connectivity index (χ0v) is 20.2. The van der Waals surface area contributed by atoms with Crippen molar-refractivity contribution in [2.75, 3.05) is 19.5 Å². The maximum Gasteiger partial charge on any atom is 0.249 e. The van der Waals surface area contributed by atoms with E-state index in [1.165, 1.54) is 32.4 Å². The van der Waals surface area contributed by atoms with Gasteiger partial charge in [0.15, 0.2) is 17.5 Å². The number of sulfonamides is 1. The Labute approximate surface area is 198 Å². The third kappa shape index (κ3) is 7.18. The van der Waals surface area contributed by atoms with Crippen LogP contribution in [-0.2, 0) is 26.0 Å². The van der Waals surface area contributed by atoms with E-state index in [1.54, 1.807) is 32.0 Å². The van der Waals surface area contributed by atoms with Crippen LogP contribution >= 0.6 is 0 Å². The lowest BCUT2D eigenvalue weighted by Crippen LogP contribution is -2.40. The monoisotopic (exact) mass is 491 g/mol. The van der Waals surface area contributed by atoms with Crippen LogP contribution in [0.5, 0.6) is 11.5 Å². The molecule has 184 valence electrons. The van der Waals surface area contributed by atoms with Gasteiger partial charge in [-0.15, -0.1) is 0 Å². The van der Waals surface area contributed by atoms with Crippen LogP contribution in [0.3, 0.4) is 0 Å². The van der Waals surface area contributed by atoms with Crippen molar-refractivity contribution in [3.8, 4) is 11.5 Å². The van der Waals surface area contributed by atoms with Crippen molar-refractivity contribution in [2.24, 2.45) is 15.9 Å². The summed E-state index contributed by atoms with van der Waals surface area (Å²) in [4.78, 5) is 29.0. The molecule has 0 unspecified atom stereocenters. The van der Waals surface area contributed by atoms with Crippen LogP contribution in [-0.4, -0.2) is 46.5 Å². The van der Waals surface area contributed by atoms with E-state index in [4.69, 9.17) is 20.3 Å². The van der Waals surface area contributed by atoms with Gasteiger partial charge in [0.05, 0.1) is 25.5 Å². The highest BCUT2D eigenvalue weighted by Crippen LogP contribution is 2.27. The minimum atomic E-state index is -3.93. The average molecular weight is 492 g/mol. The SMILES string of the molecule is CC[C@@H](N=C(N)NC(=O)Cc1ccc(OC)c(OC)c1)C(=O)Nc1cc(S(N)(=O)=O)ccc1C. The second-order valence-electron chi connectivity index (χ2n) is 7.36. The molecule has 12 heteroatoms. The summed E-state index contributed by atoms with van der Waals surface area (Å²) < 4.78 is 33.6. The number of nitrogens with two attached hydrogens (primary N) is 2. The first kappa shape index (κ1) is 26.6. The maximum absolute atomic E-state index is 12.7. The Morgan fingerprint density at radius 3 is 2.35 bits per heavy atom. The number of aryl methyl sites for hydroxylation is 1. The predicted octanol–water partition coefficient (Wildman–Crippen LogP) is 1.05. The standard InChI is InChI=1S/C22H29N5O6S/c1-5-16(21(29)25-17-12-15(34(24,30)31)8-6-13(17)2)26-22(23)27-20(28)11-14-7-9-18(32-3)19(10-14)33-4/h6-10,12,16H,5,11H2,1-4H3,(H,25,29)(H2,24,30,31)(H3,23,26,27,28)/t16-/m1/s1. The molecule has 34 heavy (non-hydrogen) atoms. The second-order valence-corrected chi connectivity index (χ2v) is 8.93. The van der Waals surface area contributed by atoms with Gasteiger partial charge in [-0.25, -0.2) is 18.5 Å². The smallest absolute Gasteiger partial charge is 0.249 e. The predicted molar refractivity (Wildman–Crippen MR) is 128 cm³/mol. The molecular weight excluding hydrogens is 462 g/mol. The van der Waals surface area contributed by atoms with Gasteiger partial charge in [-0.1, -0.05) is 19.1 Å². The Bertz CT molecular complexity index is 1200. The van der Waals surface area contributed by atoms with Crippen molar-refractivity contribution in [1.29, 1.82) is 0 Å². The first-order valence-corrected chi connectivity index (χ1v) is 11.8. The summed E-state index contributed by atoms with van der Waals surface area (Å²) in [5.74, 6) is -0.148. The Hall–Kier alpha value is -3.64. The van der Waals surface area contributed by atoms with E-state index in [1.807, 2.05) is 0 Å². The van der Waals surface area contributed by atoms with Crippen LogP contribution in [0, 0.1) is 6.92 Å². The number of nitrogens with zero attached hydrogens (tertiary/aromatic N) is 1. The topological polar surface area (TPSA) is 175 Å². The minimum absolute atomic E-state index is 0.000881. The number of nitrogens with one attached hydrogen (secondary N) is 2. The number of aliphatic imine (C=N–C) groups is 1. The van der Waals surface area contributed by atoms with Crippen molar-refractivity contribution in [2.45, 2.75) is 37.6 Å². The molecule has 0 aliphatic rings. The first-order chi connectivity index (χ1) is 16.0. The molecule has 0 fully saturated rings. The Balaban J connectivity index is 2.08. The fraction of sp³-hybridized carbons (Fsp3) is 0.318. The zero-order valence-electron chi connectivity index (χ0n) is 19.4. The number of ether oxygens (including phenoxy) is 2. The van der Waals surface area contributed by atoms with E-state index in [2.05, 4.69) is 15.6 Å². The van der Waals surface area contributed by atoms with Gasteiger partial charge in [-0.3, -0.25) is 14.9 Å². The van der Waals surface area contributed by atoms with Crippen LogP contribution in [0.15, 0.2) is 46.3 Å². The van der Waals surface area contributed by atoms with Crippen molar-refractivity contribution < 1.29 is 27.5 Å². The minimum Gasteiger partial charge on any atom is -0.493 e. The van der Waals surface area contributed by atoms with Gasteiger partial charge >= 0.3 is 0 Å². The van der Waals surface area contributed by atoms with E-state index < -0.39 is 27.9 Å². The normalized spacial score (nSPS) is 12.6. The molecule has 2 rings (SSSR count). The molecule has 0 heterocycles. The number of carbonyl (C=O) groups is 2. The van der Waals surface area contributed by atoms with Crippen LogP contribution in [0.1, 0.15) is 24.5 Å². The quantitative estimate of drug-likeness (QED) is 0.299. The third-order valence-electron chi connectivity index (χ3n) is 4.86. The number of hydrogen-bond donors (Lipinski definition) is 4. The summed E-state index contributed by atoms with van der Waals surface area (Å²) in [7, 11) is -0.923. The van der Waals surface area contributed by atoms with E-state index in [-0.39, 0.29) is 29.4 Å². The highest BCUT2D eigenvalue weighted by atomic mass is 32.2. The molecule has 0 saturated heterocycles. The lowest BCUT2D eigenvalue weighted by atomic mass is 10.1. The number of anilines is 1. The molecule has 2 amide bonds. The lowest BCUT2D eigenvalue weighted by Gasteiger charge is -2.15. The van der Waals surface area contributed by atoms with Crippen molar-refractivity contribution in [3.63, 3.8) is 0 Å².